The van der Waals surface area contributed by atoms with Crippen molar-refractivity contribution in [1.29, 1.82) is 0 Å². The van der Waals surface area contributed by atoms with Crippen molar-refractivity contribution in [2.75, 3.05) is 25.9 Å². The zero-order chi connectivity index (χ0) is 14.9. The van der Waals surface area contributed by atoms with Crippen LogP contribution >= 0.6 is 0 Å². The Bertz CT molecular complexity index is 588. The van der Waals surface area contributed by atoms with Crippen LogP contribution in [0.15, 0.2) is 23.1 Å². The fourth-order valence-corrected chi connectivity index (χ4v) is 3.84. The molecule has 1 aromatic rings. The van der Waals surface area contributed by atoms with Gasteiger partial charge in [-0.2, -0.15) is 4.31 Å². The highest BCUT2D eigenvalue weighted by molar-refractivity contribution is 7.89. The normalized spacial score (nSPS) is 24.6. The molecule has 0 radical (unpaired) electrons. The highest BCUT2D eigenvalue weighted by Gasteiger charge is 2.33. The third kappa shape index (κ3) is 2.74. The molecule has 0 spiro atoms. The molecule has 112 valence electrons. The van der Waals surface area contributed by atoms with Crippen LogP contribution in [0.4, 0.5) is 5.69 Å². The molecule has 7 heteroatoms. The number of aliphatic hydroxyl groups excluding tert-OH is 1. The molecule has 1 aromatic carbocycles. The van der Waals surface area contributed by atoms with E-state index in [1.807, 2.05) is 6.92 Å². The number of hydrogen-bond acceptors (Lipinski definition) is 5. The van der Waals surface area contributed by atoms with E-state index in [-0.39, 0.29) is 23.0 Å². The molecule has 2 unspecified atom stereocenters. The number of piperidine rings is 1. The van der Waals surface area contributed by atoms with E-state index in [1.54, 1.807) is 6.07 Å². The van der Waals surface area contributed by atoms with E-state index in [9.17, 15) is 13.5 Å². The summed E-state index contributed by atoms with van der Waals surface area (Å²) in [6.45, 7) is 2.41. The summed E-state index contributed by atoms with van der Waals surface area (Å²) in [5.41, 5.74) is 5.95. The summed E-state index contributed by atoms with van der Waals surface area (Å²) in [6.07, 6.45) is -0.00537. The van der Waals surface area contributed by atoms with Crippen LogP contribution < -0.4 is 10.5 Å². The minimum atomic E-state index is -3.68. The largest absolute Gasteiger partial charge is 0.497 e. The monoisotopic (exact) mass is 300 g/mol. The molecular weight excluding hydrogens is 280 g/mol. The molecule has 2 rings (SSSR count). The van der Waals surface area contributed by atoms with Crippen molar-refractivity contribution in [3.8, 4) is 5.75 Å². The Labute approximate surface area is 119 Å². The van der Waals surface area contributed by atoms with E-state index in [2.05, 4.69) is 0 Å². The van der Waals surface area contributed by atoms with Gasteiger partial charge in [-0.1, -0.05) is 6.92 Å². The van der Waals surface area contributed by atoms with Gasteiger partial charge in [0.15, 0.2) is 0 Å². The molecule has 20 heavy (non-hydrogen) atoms. The van der Waals surface area contributed by atoms with Crippen LogP contribution in [0.5, 0.6) is 5.75 Å². The first-order valence-corrected chi connectivity index (χ1v) is 7.92. The second-order valence-electron chi connectivity index (χ2n) is 5.10. The number of hydrogen-bond donors (Lipinski definition) is 2. The average Bonchev–Trinajstić information content (AvgIpc) is 2.41. The number of sulfonamides is 1. The highest BCUT2D eigenvalue weighted by Crippen LogP contribution is 2.29. The summed E-state index contributed by atoms with van der Waals surface area (Å²) in [4.78, 5) is 0.0556. The number of ether oxygens (including phenoxy) is 1. The van der Waals surface area contributed by atoms with Crippen LogP contribution in [0.3, 0.4) is 0 Å². The third-order valence-electron chi connectivity index (χ3n) is 3.72. The number of nitrogens with zero attached hydrogens (tertiary/aromatic N) is 1. The SMILES string of the molecule is COc1ccc(S(=O)(=O)N2CCC(C)C(O)C2)c(N)c1. The quantitative estimate of drug-likeness (QED) is 0.800. The molecule has 0 aromatic heterocycles. The summed E-state index contributed by atoms with van der Waals surface area (Å²) in [5, 5.41) is 9.85. The molecule has 0 saturated carbocycles. The molecule has 0 bridgehead atoms. The Morgan fingerprint density at radius 3 is 2.70 bits per heavy atom. The first kappa shape index (κ1) is 15.1. The Kier molecular flexibility index (Phi) is 4.22. The van der Waals surface area contributed by atoms with Gasteiger partial charge in [-0.3, -0.25) is 0 Å². The maximum Gasteiger partial charge on any atom is 0.245 e. The van der Waals surface area contributed by atoms with Gasteiger partial charge in [0.25, 0.3) is 0 Å². The minimum Gasteiger partial charge on any atom is -0.497 e. The van der Waals surface area contributed by atoms with Crippen LogP contribution in [-0.4, -0.2) is 44.1 Å². The zero-order valence-corrected chi connectivity index (χ0v) is 12.4. The molecule has 3 N–H and O–H groups in total. The number of nitrogen functional groups attached to an aromatic ring is 1. The molecule has 1 heterocycles. The average molecular weight is 300 g/mol. The van der Waals surface area contributed by atoms with E-state index in [1.165, 1.54) is 23.5 Å². The second-order valence-corrected chi connectivity index (χ2v) is 7.01. The predicted octanol–water partition coefficient (Wildman–Crippen LogP) is 0.669. The van der Waals surface area contributed by atoms with Crippen molar-refractivity contribution in [3.05, 3.63) is 18.2 Å². The molecule has 1 saturated heterocycles. The standard InChI is InChI=1S/C13H20N2O4S/c1-9-5-6-15(8-12(9)16)20(17,18)13-4-3-10(19-2)7-11(13)14/h3-4,7,9,12,16H,5-6,8,14H2,1-2H3. The Morgan fingerprint density at radius 1 is 1.45 bits per heavy atom. The minimum absolute atomic E-state index is 0.0556. The van der Waals surface area contributed by atoms with Crippen LogP contribution in [-0.2, 0) is 10.0 Å². The number of anilines is 1. The van der Waals surface area contributed by atoms with Crippen molar-refractivity contribution in [2.24, 2.45) is 5.92 Å². The summed E-state index contributed by atoms with van der Waals surface area (Å²) in [5.74, 6) is 0.614. The smallest absolute Gasteiger partial charge is 0.245 e. The lowest BCUT2D eigenvalue weighted by molar-refractivity contribution is 0.0605. The van der Waals surface area contributed by atoms with Crippen LogP contribution in [0.25, 0.3) is 0 Å². The second kappa shape index (κ2) is 5.59. The molecule has 2 atom stereocenters. The molecule has 1 aliphatic rings. The van der Waals surface area contributed by atoms with Gasteiger partial charge >= 0.3 is 0 Å². The number of β-amino-alcohol motifs (C(OH)–C–C–N with tert-alkyl or cyclic N) is 1. The van der Waals surface area contributed by atoms with Crippen molar-refractivity contribution in [3.63, 3.8) is 0 Å². The van der Waals surface area contributed by atoms with Gasteiger partial charge in [-0.15, -0.1) is 0 Å². The first-order chi connectivity index (χ1) is 9.36. The number of nitrogens with two attached hydrogens (primary N) is 1. The topological polar surface area (TPSA) is 92.9 Å². The Morgan fingerprint density at radius 2 is 2.15 bits per heavy atom. The highest BCUT2D eigenvalue weighted by atomic mass is 32.2. The summed E-state index contributed by atoms with van der Waals surface area (Å²) < 4.78 is 31.4. The van der Waals surface area contributed by atoms with Gasteiger partial charge in [-0.25, -0.2) is 8.42 Å². The fraction of sp³-hybridized carbons (Fsp3) is 0.538. The molecular formula is C13H20N2O4S. The van der Waals surface area contributed by atoms with Crippen LogP contribution in [0, 0.1) is 5.92 Å². The maximum atomic E-state index is 12.6. The number of methoxy groups -OCH3 is 1. The predicted molar refractivity (Wildman–Crippen MR) is 76.0 cm³/mol. The third-order valence-corrected chi connectivity index (χ3v) is 5.66. The summed E-state index contributed by atoms with van der Waals surface area (Å²) in [7, 11) is -2.19. The van der Waals surface area contributed by atoms with E-state index in [0.29, 0.717) is 18.7 Å². The Hall–Kier alpha value is -1.31. The van der Waals surface area contributed by atoms with Crippen molar-refractivity contribution in [2.45, 2.75) is 24.3 Å². The number of benzene rings is 1. The van der Waals surface area contributed by atoms with Gasteiger partial charge in [0.05, 0.1) is 18.9 Å². The molecule has 6 nitrogen and oxygen atoms in total. The molecule has 0 aliphatic carbocycles. The van der Waals surface area contributed by atoms with E-state index in [4.69, 9.17) is 10.5 Å². The molecule has 1 aliphatic heterocycles. The number of aliphatic hydroxyl groups is 1. The van der Waals surface area contributed by atoms with Crippen LogP contribution in [0.1, 0.15) is 13.3 Å². The van der Waals surface area contributed by atoms with Gasteiger partial charge < -0.3 is 15.6 Å². The van der Waals surface area contributed by atoms with E-state index in [0.717, 1.165) is 0 Å². The number of rotatable bonds is 3. The van der Waals surface area contributed by atoms with Crippen molar-refractivity contribution >= 4 is 15.7 Å². The summed E-state index contributed by atoms with van der Waals surface area (Å²) in [6, 6.07) is 4.48. The zero-order valence-electron chi connectivity index (χ0n) is 11.6. The van der Waals surface area contributed by atoms with Gasteiger partial charge in [0.1, 0.15) is 10.6 Å². The van der Waals surface area contributed by atoms with E-state index >= 15 is 0 Å². The van der Waals surface area contributed by atoms with Crippen molar-refractivity contribution < 1.29 is 18.3 Å². The summed E-state index contributed by atoms with van der Waals surface area (Å²) >= 11 is 0. The molecule has 1 fully saturated rings. The lowest BCUT2D eigenvalue weighted by atomic mass is 9.98. The lowest BCUT2D eigenvalue weighted by Gasteiger charge is -2.33. The van der Waals surface area contributed by atoms with Crippen LogP contribution in [0.2, 0.25) is 0 Å². The van der Waals surface area contributed by atoms with Gasteiger partial charge in [0.2, 0.25) is 10.0 Å². The first-order valence-electron chi connectivity index (χ1n) is 6.48. The lowest BCUT2D eigenvalue weighted by Crippen LogP contribution is -2.45. The Balaban J connectivity index is 2.31. The van der Waals surface area contributed by atoms with Gasteiger partial charge in [-0.05, 0) is 24.5 Å². The fourth-order valence-electron chi connectivity index (χ4n) is 2.27. The maximum absolute atomic E-state index is 12.6. The van der Waals surface area contributed by atoms with Crippen molar-refractivity contribution in [1.82, 2.24) is 4.31 Å². The van der Waals surface area contributed by atoms with Gasteiger partial charge in [0, 0.05) is 19.2 Å². The van der Waals surface area contributed by atoms with E-state index < -0.39 is 16.1 Å². The molecule has 0 amide bonds.